The summed E-state index contributed by atoms with van der Waals surface area (Å²) in [6.45, 7) is 3.63. The summed E-state index contributed by atoms with van der Waals surface area (Å²) in [5.74, 6) is -0.383. The van der Waals surface area contributed by atoms with Crippen LogP contribution in [0.4, 0.5) is 11.4 Å². The lowest BCUT2D eigenvalue weighted by Gasteiger charge is -2.12. The van der Waals surface area contributed by atoms with Gasteiger partial charge in [-0.1, -0.05) is 35.4 Å². The van der Waals surface area contributed by atoms with Crippen molar-refractivity contribution in [3.05, 3.63) is 88.4 Å². The standard InChI is InChI=1S/C21H19ClN2O3S/c1-14-3-9-18(10-4-14)23-21(25)16-6-5-15(2)20(13-16)28(26,27)24-19-11-7-17(22)8-12-19/h3-13,24H,1-2H3,(H,23,25). The van der Waals surface area contributed by atoms with E-state index in [1.165, 1.54) is 6.07 Å². The number of carbonyl (C=O) groups excluding carboxylic acids is 1. The molecule has 3 aromatic carbocycles. The largest absolute Gasteiger partial charge is 0.322 e. The van der Waals surface area contributed by atoms with Gasteiger partial charge in [-0.2, -0.15) is 0 Å². The molecule has 0 saturated carbocycles. The molecule has 3 rings (SSSR count). The van der Waals surface area contributed by atoms with Crippen molar-refractivity contribution in [2.45, 2.75) is 18.7 Å². The SMILES string of the molecule is Cc1ccc(NC(=O)c2ccc(C)c(S(=O)(=O)Nc3ccc(Cl)cc3)c2)cc1. The molecule has 0 saturated heterocycles. The summed E-state index contributed by atoms with van der Waals surface area (Å²) in [6.07, 6.45) is 0. The fourth-order valence-corrected chi connectivity index (χ4v) is 4.06. The number of rotatable bonds is 5. The summed E-state index contributed by atoms with van der Waals surface area (Å²) in [6, 6.07) is 18.3. The quantitative estimate of drug-likeness (QED) is 0.616. The Kier molecular flexibility index (Phi) is 5.72. The highest BCUT2D eigenvalue weighted by molar-refractivity contribution is 7.92. The van der Waals surface area contributed by atoms with Gasteiger partial charge in [0.15, 0.2) is 0 Å². The molecule has 5 nitrogen and oxygen atoms in total. The molecule has 3 aromatic rings. The van der Waals surface area contributed by atoms with Crippen LogP contribution in [-0.2, 0) is 10.0 Å². The number of aryl methyl sites for hydroxylation is 2. The third-order valence-electron chi connectivity index (χ3n) is 4.15. The van der Waals surface area contributed by atoms with Crippen molar-refractivity contribution in [1.29, 1.82) is 0 Å². The lowest BCUT2D eigenvalue weighted by molar-refractivity contribution is 0.102. The Morgan fingerprint density at radius 1 is 0.857 bits per heavy atom. The third-order valence-corrected chi connectivity index (χ3v) is 5.92. The molecule has 0 fully saturated rings. The molecule has 0 aromatic heterocycles. The van der Waals surface area contributed by atoms with E-state index in [1.54, 1.807) is 55.5 Å². The monoisotopic (exact) mass is 414 g/mol. The van der Waals surface area contributed by atoms with E-state index in [0.29, 0.717) is 22.0 Å². The van der Waals surface area contributed by atoms with Crippen LogP contribution in [0.15, 0.2) is 71.6 Å². The minimum Gasteiger partial charge on any atom is -0.322 e. The van der Waals surface area contributed by atoms with Gasteiger partial charge in [0.2, 0.25) is 0 Å². The molecule has 0 aliphatic carbocycles. The van der Waals surface area contributed by atoms with Gasteiger partial charge < -0.3 is 5.32 Å². The summed E-state index contributed by atoms with van der Waals surface area (Å²) in [7, 11) is -3.86. The van der Waals surface area contributed by atoms with Gasteiger partial charge in [-0.05, 0) is 67.9 Å². The zero-order valence-corrected chi connectivity index (χ0v) is 16.9. The molecular formula is C21H19ClN2O3S. The van der Waals surface area contributed by atoms with E-state index >= 15 is 0 Å². The van der Waals surface area contributed by atoms with E-state index in [1.807, 2.05) is 19.1 Å². The topological polar surface area (TPSA) is 75.3 Å². The van der Waals surface area contributed by atoms with Crippen molar-refractivity contribution < 1.29 is 13.2 Å². The predicted octanol–water partition coefficient (Wildman–Crippen LogP) is 5.01. The number of benzene rings is 3. The van der Waals surface area contributed by atoms with E-state index < -0.39 is 10.0 Å². The van der Waals surface area contributed by atoms with Crippen LogP contribution in [0.1, 0.15) is 21.5 Å². The average molecular weight is 415 g/mol. The number of sulfonamides is 1. The second-order valence-corrected chi connectivity index (χ2v) is 8.50. The second kappa shape index (κ2) is 8.04. The predicted molar refractivity (Wildman–Crippen MR) is 113 cm³/mol. The maximum Gasteiger partial charge on any atom is 0.262 e. The Labute approximate surface area is 169 Å². The van der Waals surface area contributed by atoms with Crippen LogP contribution in [0.25, 0.3) is 0 Å². The van der Waals surface area contributed by atoms with Crippen molar-refractivity contribution in [2.75, 3.05) is 10.0 Å². The number of hydrogen-bond acceptors (Lipinski definition) is 3. The second-order valence-electron chi connectivity index (χ2n) is 6.41. The number of nitrogens with one attached hydrogen (secondary N) is 2. The average Bonchev–Trinajstić information content (AvgIpc) is 2.65. The first-order chi connectivity index (χ1) is 13.2. The van der Waals surface area contributed by atoms with Gasteiger partial charge in [-0.15, -0.1) is 0 Å². The van der Waals surface area contributed by atoms with Crippen molar-refractivity contribution >= 4 is 38.9 Å². The Morgan fingerprint density at radius 3 is 2.11 bits per heavy atom. The van der Waals surface area contributed by atoms with Crippen LogP contribution in [0.5, 0.6) is 0 Å². The van der Waals surface area contributed by atoms with Crippen LogP contribution < -0.4 is 10.0 Å². The molecule has 28 heavy (non-hydrogen) atoms. The maximum atomic E-state index is 12.8. The van der Waals surface area contributed by atoms with Gasteiger partial charge in [0, 0.05) is 22.0 Å². The van der Waals surface area contributed by atoms with Crippen LogP contribution in [0.3, 0.4) is 0 Å². The van der Waals surface area contributed by atoms with E-state index in [9.17, 15) is 13.2 Å². The van der Waals surface area contributed by atoms with Crippen LogP contribution in [0, 0.1) is 13.8 Å². The summed E-state index contributed by atoms with van der Waals surface area (Å²) < 4.78 is 28.1. The Hall–Kier alpha value is -2.83. The van der Waals surface area contributed by atoms with E-state index in [0.717, 1.165) is 5.56 Å². The molecule has 0 spiro atoms. The summed E-state index contributed by atoms with van der Waals surface area (Å²) >= 11 is 5.83. The summed E-state index contributed by atoms with van der Waals surface area (Å²) in [5, 5.41) is 3.28. The van der Waals surface area contributed by atoms with Gasteiger partial charge in [0.05, 0.1) is 4.90 Å². The lowest BCUT2D eigenvalue weighted by Crippen LogP contribution is -2.17. The first-order valence-corrected chi connectivity index (χ1v) is 10.4. The van der Waals surface area contributed by atoms with E-state index in [2.05, 4.69) is 10.0 Å². The molecule has 0 heterocycles. The number of amides is 1. The summed E-state index contributed by atoms with van der Waals surface area (Å²) in [4.78, 5) is 12.6. The van der Waals surface area contributed by atoms with Gasteiger partial charge in [-0.25, -0.2) is 8.42 Å². The molecule has 1 amide bonds. The van der Waals surface area contributed by atoms with E-state index in [4.69, 9.17) is 11.6 Å². The molecule has 0 bridgehead atoms. The Morgan fingerprint density at radius 2 is 1.46 bits per heavy atom. The minimum atomic E-state index is -3.86. The molecular weight excluding hydrogens is 396 g/mol. The molecule has 144 valence electrons. The first kappa shape index (κ1) is 19.9. The number of halogens is 1. The lowest BCUT2D eigenvalue weighted by atomic mass is 10.1. The fraction of sp³-hybridized carbons (Fsp3) is 0.0952. The minimum absolute atomic E-state index is 0.0407. The van der Waals surface area contributed by atoms with Gasteiger partial charge in [0.1, 0.15) is 0 Å². The molecule has 7 heteroatoms. The Bertz CT molecular complexity index is 1110. The van der Waals surface area contributed by atoms with Crippen molar-refractivity contribution in [2.24, 2.45) is 0 Å². The third kappa shape index (κ3) is 4.71. The molecule has 0 unspecified atom stereocenters. The highest BCUT2D eigenvalue weighted by Gasteiger charge is 2.19. The maximum absolute atomic E-state index is 12.8. The fourth-order valence-electron chi connectivity index (χ4n) is 2.60. The number of hydrogen-bond donors (Lipinski definition) is 2. The molecule has 0 radical (unpaired) electrons. The van der Waals surface area contributed by atoms with Crippen molar-refractivity contribution in [3.63, 3.8) is 0 Å². The number of carbonyl (C=O) groups is 1. The molecule has 2 N–H and O–H groups in total. The Balaban J connectivity index is 1.86. The van der Waals surface area contributed by atoms with Crippen molar-refractivity contribution in [1.82, 2.24) is 0 Å². The molecule has 0 atom stereocenters. The van der Waals surface area contributed by atoms with Crippen LogP contribution in [0.2, 0.25) is 5.02 Å². The highest BCUT2D eigenvalue weighted by atomic mass is 35.5. The molecule has 0 aliphatic heterocycles. The normalized spacial score (nSPS) is 11.1. The van der Waals surface area contributed by atoms with Gasteiger partial charge >= 0.3 is 0 Å². The van der Waals surface area contributed by atoms with Gasteiger partial charge in [-0.3, -0.25) is 9.52 Å². The van der Waals surface area contributed by atoms with Gasteiger partial charge in [0.25, 0.3) is 15.9 Å². The molecule has 0 aliphatic rings. The zero-order chi connectivity index (χ0) is 20.3. The van der Waals surface area contributed by atoms with E-state index in [-0.39, 0.29) is 16.4 Å². The van der Waals surface area contributed by atoms with Crippen LogP contribution >= 0.6 is 11.6 Å². The van der Waals surface area contributed by atoms with Crippen molar-refractivity contribution in [3.8, 4) is 0 Å². The summed E-state index contributed by atoms with van der Waals surface area (Å²) in [5.41, 5.74) is 2.89. The first-order valence-electron chi connectivity index (χ1n) is 8.52. The smallest absolute Gasteiger partial charge is 0.262 e. The number of anilines is 2. The van der Waals surface area contributed by atoms with Crippen LogP contribution in [-0.4, -0.2) is 14.3 Å². The highest BCUT2D eigenvalue weighted by Crippen LogP contribution is 2.22. The zero-order valence-electron chi connectivity index (χ0n) is 15.4.